The molecule has 0 radical (unpaired) electrons. The van der Waals surface area contributed by atoms with Crippen LogP contribution in [-0.4, -0.2) is 32.2 Å². The van der Waals surface area contributed by atoms with E-state index in [-0.39, 0.29) is 17.1 Å². The summed E-state index contributed by atoms with van der Waals surface area (Å²) in [6, 6.07) is 10.1. The molecule has 4 heteroatoms. The number of ether oxygens (including phenoxy) is 1. The Hall–Kier alpha value is -0.683. The molecule has 0 bridgehead atoms. The molecule has 0 unspecified atom stereocenters. The lowest BCUT2D eigenvalue weighted by Gasteiger charge is -2.38. The number of rotatable bonds is 11. The van der Waals surface area contributed by atoms with Crippen molar-refractivity contribution in [2.75, 3.05) is 6.61 Å². The predicted octanol–water partition coefficient (Wildman–Crippen LogP) is 5.78. The molecular weight excluding hydrogens is 340 g/mol. The highest BCUT2D eigenvalue weighted by Crippen LogP contribution is 2.37. The maximum atomic E-state index is 10.9. The number of hydrogen-bond donors (Lipinski definition) is 1. The molecule has 1 aromatic rings. The average Bonchev–Trinajstić information content (AvgIpc) is 2.59. The number of aliphatic hydroxyl groups excluding tert-OH is 1. The fraction of sp³-hybridized carbons (Fsp3) is 0.727. The molecule has 1 N–H and O–H groups in total. The van der Waals surface area contributed by atoms with Gasteiger partial charge in [0.2, 0.25) is 0 Å². The molecule has 0 aliphatic heterocycles. The quantitative estimate of drug-likeness (QED) is 0.494. The summed E-state index contributed by atoms with van der Waals surface area (Å²) in [4.78, 5) is 0. The lowest BCUT2D eigenvalue weighted by atomic mass is 9.94. The molecule has 0 saturated heterocycles. The van der Waals surface area contributed by atoms with Crippen LogP contribution in [0, 0.1) is 5.92 Å². The van der Waals surface area contributed by atoms with Crippen LogP contribution < -0.4 is 0 Å². The molecular formula is C22H40O3Si. The second-order valence-corrected chi connectivity index (χ2v) is 13.8. The molecule has 3 nitrogen and oxygen atoms in total. The van der Waals surface area contributed by atoms with E-state index in [9.17, 15) is 5.11 Å². The third-order valence-electron chi connectivity index (χ3n) is 5.71. The van der Waals surface area contributed by atoms with Gasteiger partial charge in [-0.1, -0.05) is 70.9 Å². The summed E-state index contributed by atoms with van der Waals surface area (Å²) in [6.45, 7) is 16.6. The minimum absolute atomic E-state index is 0.120. The summed E-state index contributed by atoms with van der Waals surface area (Å²) < 4.78 is 12.4. The molecule has 0 amide bonds. The SMILES string of the molecule is CCCC[C@@H](CO[Si](C)(C)C(C)(C)C)[C@@H](O)[C@H](C)OCc1ccccc1. The minimum Gasteiger partial charge on any atom is -0.416 e. The Labute approximate surface area is 162 Å². The van der Waals surface area contributed by atoms with Crippen LogP contribution in [-0.2, 0) is 15.8 Å². The van der Waals surface area contributed by atoms with E-state index >= 15 is 0 Å². The summed E-state index contributed by atoms with van der Waals surface area (Å²) >= 11 is 0. The van der Waals surface area contributed by atoms with Crippen LogP contribution in [0.5, 0.6) is 0 Å². The molecule has 0 fully saturated rings. The highest BCUT2D eigenvalue weighted by Gasteiger charge is 2.38. The largest absolute Gasteiger partial charge is 0.416 e. The van der Waals surface area contributed by atoms with Crippen molar-refractivity contribution >= 4 is 8.32 Å². The average molecular weight is 381 g/mol. The van der Waals surface area contributed by atoms with E-state index in [0.29, 0.717) is 13.2 Å². The zero-order chi connectivity index (χ0) is 19.8. The Balaban J connectivity index is 2.64. The van der Waals surface area contributed by atoms with E-state index in [0.717, 1.165) is 24.8 Å². The molecule has 26 heavy (non-hydrogen) atoms. The Morgan fingerprint density at radius 2 is 1.73 bits per heavy atom. The molecule has 1 rings (SSSR count). The summed E-state index contributed by atoms with van der Waals surface area (Å²) in [5.74, 6) is 0.120. The van der Waals surface area contributed by atoms with Crippen molar-refractivity contribution in [2.24, 2.45) is 5.92 Å². The van der Waals surface area contributed by atoms with E-state index in [1.807, 2.05) is 37.3 Å². The van der Waals surface area contributed by atoms with Gasteiger partial charge in [0.05, 0.1) is 18.8 Å². The van der Waals surface area contributed by atoms with Crippen molar-refractivity contribution in [1.29, 1.82) is 0 Å². The van der Waals surface area contributed by atoms with Gasteiger partial charge in [-0.15, -0.1) is 0 Å². The Morgan fingerprint density at radius 1 is 1.12 bits per heavy atom. The number of hydrogen-bond acceptors (Lipinski definition) is 3. The van der Waals surface area contributed by atoms with Crippen LogP contribution in [0.15, 0.2) is 30.3 Å². The third kappa shape index (κ3) is 7.51. The van der Waals surface area contributed by atoms with Crippen LogP contribution in [0.2, 0.25) is 18.1 Å². The van der Waals surface area contributed by atoms with Crippen molar-refractivity contribution in [3.63, 3.8) is 0 Å². The van der Waals surface area contributed by atoms with Crippen molar-refractivity contribution in [1.82, 2.24) is 0 Å². The fourth-order valence-corrected chi connectivity index (χ4v) is 3.70. The predicted molar refractivity (Wildman–Crippen MR) is 113 cm³/mol. The van der Waals surface area contributed by atoms with Gasteiger partial charge in [0.1, 0.15) is 0 Å². The molecule has 0 saturated carbocycles. The van der Waals surface area contributed by atoms with Crippen molar-refractivity contribution < 1.29 is 14.3 Å². The maximum absolute atomic E-state index is 10.9. The Morgan fingerprint density at radius 3 is 2.27 bits per heavy atom. The van der Waals surface area contributed by atoms with Crippen LogP contribution in [0.1, 0.15) is 59.4 Å². The second-order valence-electron chi connectivity index (χ2n) is 8.97. The normalized spacial score (nSPS) is 16.3. The van der Waals surface area contributed by atoms with Gasteiger partial charge in [-0.3, -0.25) is 0 Å². The zero-order valence-corrected chi connectivity index (χ0v) is 18.9. The van der Waals surface area contributed by atoms with Crippen molar-refractivity contribution in [2.45, 2.75) is 90.8 Å². The lowest BCUT2D eigenvalue weighted by molar-refractivity contribution is -0.0696. The number of unbranched alkanes of at least 4 members (excludes halogenated alkanes) is 1. The fourth-order valence-electron chi connectivity index (χ4n) is 2.63. The van der Waals surface area contributed by atoms with Crippen LogP contribution >= 0.6 is 0 Å². The van der Waals surface area contributed by atoms with Crippen molar-refractivity contribution in [3.05, 3.63) is 35.9 Å². The van der Waals surface area contributed by atoms with Gasteiger partial charge in [0, 0.05) is 12.5 Å². The molecule has 0 spiro atoms. The van der Waals surface area contributed by atoms with Gasteiger partial charge < -0.3 is 14.3 Å². The minimum atomic E-state index is -1.81. The van der Waals surface area contributed by atoms with E-state index in [2.05, 4.69) is 40.8 Å². The van der Waals surface area contributed by atoms with E-state index in [1.165, 1.54) is 0 Å². The van der Waals surface area contributed by atoms with Crippen LogP contribution in [0.25, 0.3) is 0 Å². The monoisotopic (exact) mass is 380 g/mol. The first-order valence-electron chi connectivity index (χ1n) is 10.1. The summed E-state index contributed by atoms with van der Waals surface area (Å²) in [6.07, 6.45) is 2.50. The molecule has 1 aromatic carbocycles. The first-order chi connectivity index (χ1) is 12.1. The van der Waals surface area contributed by atoms with Crippen LogP contribution in [0.4, 0.5) is 0 Å². The Bertz CT molecular complexity index is 496. The highest BCUT2D eigenvalue weighted by molar-refractivity contribution is 6.74. The van der Waals surface area contributed by atoms with E-state index in [4.69, 9.17) is 9.16 Å². The van der Waals surface area contributed by atoms with Crippen LogP contribution in [0.3, 0.4) is 0 Å². The van der Waals surface area contributed by atoms with Gasteiger partial charge in [0.25, 0.3) is 0 Å². The van der Waals surface area contributed by atoms with E-state index in [1.54, 1.807) is 0 Å². The third-order valence-corrected chi connectivity index (χ3v) is 10.2. The molecule has 0 aliphatic rings. The zero-order valence-electron chi connectivity index (χ0n) is 17.9. The van der Waals surface area contributed by atoms with Gasteiger partial charge in [-0.05, 0) is 37.0 Å². The topological polar surface area (TPSA) is 38.7 Å². The second kappa shape index (κ2) is 10.6. The van der Waals surface area contributed by atoms with Gasteiger partial charge >= 0.3 is 0 Å². The van der Waals surface area contributed by atoms with Gasteiger partial charge in [-0.25, -0.2) is 0 Å². The molecule has 0 aliphatic carbocycles. The lowest BCUT2D eigenvalue weighted by Crippen LogP contribution is -2.44. The van der Waals surface area contributed by atoms with Gasteiger partial charge in [-0.2, -0.15) is 0 Å². The molecule has 3 atom stereocenters. The molecule has 0 heterocycles. The first-order valence-corrected chi connectivity index (χ1v) is 13.0. The summed E-state index contributed by atoms with van der Waals surface area (Å²) in [5.41, 5.74) is 1.13. The van der Waals surface area contributed by atoms with Gasteiger partial charge in [0.15, 0.2) is 8.32 Å². The van der Waals surface area contributed by atoms with Crippen molar-refractivity contribution in [3.8, 4) is 0 Å². The standard InChI is InChI=1S/C22H40O3Si/c1-8-9-15-20(17-25-26(6,7)22(3,4)5)21(23)18(2)24-16-19-13-11-10-12-14-19/h10-14,18,20-21,23H,8-9,15-17H2,1-7H3/t18-,20-,21-/m0/s1. The Kier molecular flexibility index (Phi) is 9.52. The molecule has 150 valence electrons. The smallest absolute Gasteiger partial charge is 0.191 e. The number of benzene rings is 1. The molecule has 0 aromatic heterocycles. The number of aliphatic hydroxyl groups is 1. The first kappa shape index (κ1) is 23.4. The maximum Gasteiger partial charge on any atom is 0.191 e. The highest BCUT2D eigenvalue weighted by atomic mass is 28.4. The summed E-state index contributed by atoms with van der Waals surface area (Å²) in [5, 5.41) is 11.1. The summed E-state index contributed by atoms with van der Waals surface area (Å²) in [7, 11) is -1.81. The van der Waals surface area contributed by atoms with E-state index < -0.39 is 14.4 Å².